The molecule has 0 unspecified atom stereocenters. The summed E-state index contributed by atoms with van der Waals surface area (Å²) in [4.78, 5) is 12.8. The van der Waals surface area contributed by atoms with Crippen LogP contribution >= 0.6 is 0 Å². The summed E-state index contributed by atoms with van der Waals surface area (Å²) >= 11 is 0. The molecule has 32 heavy (non-hydrogen) atoms. The van der Waals surface area contributed by atoms with Crippen molar-refractivity contribution < 1.29 is 13.2 Å². The van der Waals surface area contributed by atoms with Crippen molar-refractivity contribution >= 4 is 32.4 Å². The topological polar surface area (TPSA) is 68.2 Å². The summed E-state index contributed by atoms with van der Waals surface area (Å²) in [7, 11) is -3.76. The molecule has 1 N–H and O–H groups in total. The maximum absolute atomic E-state index is 13.0. The molecule has 1 aromatic heterocycles. The first-order chi connectivity index (χ1) is 15.1. The fourth-order valence-electron chi connectivity index (χ4n) is 4.23. The third kappa shape index (κ3) is 3.60. The maximum Gasteiger partial charge on any atom is 0.261 e. The van der Waals surface area contributed by atoms with Crippen molar-refractivity contribution in [2.24, 2.45) is 0 Å². The zero-order chi connectivity index (χ0) is 23.2. The summed E-state index contributed by atoms with van der Waals surface area (Å²) < 4.78 is 30.7. The summed E-state index contributed by atoms with van der Waals surface area (Å²) in [5.41, 5.74) is 6.68. The Morgan fingerprint density at radius 3 is 2.09 bits per heavy atom. The van der Waals surface area contributed by atoms with Crippen LogP contribution in [0.25, 0.3) is 16.6 Å². The Hall–Kier alpha value is -3.38. The van der Waals surface area contributed by atoms with Crippen LogP contribution in [0, 0.1) is 27.7 Å². The van der Waals surface area contributed by atoms with Crippen molar-refractivity contribution in [2.75, 3.05) is 4.72 Å². The predicted molar refractivity (Wildman–Crippen MR) is 129 cm³/mol. The number of nitrogens with zero attached hydrogens (tertiary/aromatic N) is 1. The van der Waals surface area contributed by atoms with E-state index in [0.29, 0.717) is 11.3 Å². The van der Waals surface area contributed by atoms with Crippen LogP contribution in [-0.4, -0.2) is 18.8 Å². The van der Waals surface area contributed by atoms with Gasteiger partial charge in [0.2, 0.25) is 0 Å². The number of carbonyl (C=O) groups is 1. The second-order valence-corrected chi connectivity index (χ2v) is 9.86. The average molecular weight is 447 g/mol. The van der Waals surface area contributed by atoms with Crippen LogP contribution < -0.4 is 4.72 Å². The summed E-state index contributed by atoms with van der Waals surface area (Å²) in [6.07, 6.45) is 0. The molecule has 0 spiro atoms. The van der Waals surface area contributed by atoms with Gasteiger partial charge >= 0.3 is 0 Å². The molecule has 0 fully saturated rings. The molecule has 6 heteroatoms. The SMILES string of the molecule is CC(=O)c1c(C)n(-c2ccc(C)cc2)c2c(C)c(C)c(NS(=O)(=O)c3ccccc3)cc12. The molecule has 0 saturated carbocycles. The zero-order valence-corrected chi connectivity index (χ0v) is 19.7. The zero-order valence-electron chi connectivity index (χ0n) is 18.9. The third-order valence-corrected chi connectivity index (χ3v) is 7.38. The molecule has 5 nitrogen and oxygen atoms in total. The summed E-state index contributed by atoms with van der Waals surface area (Å²) in [6, 6.07) is 18.2. The van der Waals surface area contributed by atoms with E-state index in [1.807, 2.05) is 52.0 Å². The van der Waals surface area contributed by atoms with Crippen molar-refractivity contribution in [3.8, 4) is 5.69 Å². The van der Waals surface area contributed by atoms with E-state index in [0.717, 1.165) is 39.0 Å². The number of aryl methyl sites for hydroxylation is 2. The molecule has 0 bridgehead atoms. The lowest BCUT2D eigenvalue weighted by Gasteiger charge is -2.16. The molecule has 0 aliphatic heterocycles. The average Bonchev–Trinajstić information content (AvgIpc) is 3.05. The number of Topliss-reactive ketones (excluding diaryl/α,β-unsaturated/α-hetero) is 1. The Balaban J connectivity index is 1.98. The summed E-state index contributed by atoms with van der Waals surface area (Å²) in [5, 5.41) is 0.740. The molecule has 0 aliphatic carbocycles. The largest absolute Gasteiger partial charge is 0.313 e. The molecule has 0 aliphatic rings. The number of fused-ring (bicyclic) bond motifs is 1. The number of aromatic nitrogens is 1. The van der Waals surface area contributed by atoms with Gasteiger partial charge in [0.25, 0.3) is 10.0 Å². The van der Waals surface area contributed by atoms with Crippen LogP contribution in [0.1, 0.15) is 39.7 Å². The fourth-order valence-corrected chi connectivity index (χ4v) is 5.36. The van der Waals surface area contributed by atoms with E-state index in [9.17, 15) is 13.2 Å². The van der Waals surface area contributed by atoms with Crippen LogP contribution in [0.2, 0.25) is 0 Å². The number of nitrogens with one attached hydrogen (secondary N) is 1. The van der Waals surface area contributed by atoms with Crippen LogP contribution in [0.15, 0.2) is 65.6 Å². The lowest BCUT2D eigenvalue weighted by atomic mass is 10.0. The Morgan fingerprint density at radius 2 is 1.50 bits per heavy atom. The number of hydrogen-bond acceptors (Lipinski definition) is 3. The van der Waals surface area contributed by atoms with Gasteiger partial charge in [-0.2, -0.15) is 0 Å². The molecular weight excluding hydrogens is 420 g/mol. The van der Waals surface area contributed by atoms with Crippen LogP contribution in [0.4, 0.5) is 5.69 Å². The van der Waals surface area contributed by atoms with Gasteiger partial charge in [0.15, 0.2) is 5.78 Å². The first-order valence-electron chi connectivity index (χ1n) is 10.4. The minimum absolute atomic E-state index is 0.0570. The van der Waals surface area contributed by atoms with Gasteiger partial charge in [0.05, 0.1) is 16.1 Å². The molecule has 164 valence electrons. The second kappa shape index (κ2) is 7.95. The van der Waals surface area contributed by atoms with E-state index in [4.69, 9.17) is 0 Å². The van der Waals surface area contributed by atoms with Crippen molar-refractivity contribution in [2.45, 2.75) is 39.5 Å². The highest BCUT2D eigenvalue weighted by atomic mass is 32.2. The lowest BCUT2D eigenvalue weighted by Crippen LogP contribution is -2.14. The minimum Gasteiger partial charge on any atom is -0.313 e. The summed E-state index contributed by atoms with van der Waals surface area (Å²) in [6.45, 7) is 9.37. The number of anilines is 1. The van der Waals surface area contributed by atoms with Crippen molar-refractivity contribution in [3.05, 3.63) is 88.6 Å². The van der Waals surface area contributed by atoms with Gasteiger partial charge in [0.1, 0.15) is 0 Å². The normalized spacial score (nSPS) is 11.7. The van der Waals surface area contributed by atoms with E-state index in [1.54, 1.807) is 43.3 Å². The van der Waals surface area contributed by atoms with Crippen LogP contribution in [-0.2, 0) is 10.0 Å². The van der Waals surface area contributed by atoms with E-state index in [2.05, 4.69) is 9.29 Å². The summed E-state index contributed by atoms with van der Waals surface area (Å²) in [5.74, 6) is -0.0570. The molecule has 0 saturated heterocycles. The van der Waals surface area contributed by atoms with Gasteiger partial charge in [-0.15, -0.1) is 0 Å². The van der Waals surface area contributed by atoms with Gasteiger partial charge in [-0.1, -0.05) is 35.9 Å². The lowest BCUT2D eigenvalue weighted by molar-refractivity contribution is 0.101. The molecule has 3 aromatic carbocycles. The van der Waals surface area contributed by atoms with E-state index < -0.39 is 10.0 Å². The van der Waals surface area contributed by atoms with Crippen molar-refractivity contribution in [1.82, 2.24) is 4.57 Å². The molecule has 0 atom stereocenters. The van der Waals surface area contributed by atoms with Gasteiger partial charge in [0, 0.05) is 22.3 Å². The van der Waals surface area contributed by atoms with Gasteiger partial charge in [-0.25, -0.2) is 8.42 Å². The first kappa shape index (κ1) is 21.8. The Morgan fingerprint density at radius 1 is 0.875 bits per heavy atom. The molecular formula is C26H26N2O3S. The highest BCUT2D eigenvalue weighted by molar-refractivity contribution is 7.92. The molecule has 1 heterocycles. The first-order valence-corrected chi connectivity index (χ1v) is 11.9. The number of ketones is 1. The van der Waals surface area contributed by atoms with Crippen molar-refractivity contribution in [3.63, 3.8) is 0 Å². The molecule has 0 amide bonds. The quantitative estimate of drug-likeness (QED) is 0.390. The standard InChI is InChI=1S/C26H26N2O3S/c1-16-11-13-21(14-12-16)28-19(4)25(20(5)29)23-15-24(17(2)18(3)26(23)28)27-32(30,31)22-9-7-6-8-10-22/h6-15,27H,1-5H3. The van der Waals surface area contributed by atoms with Crippen LogP contribution in [0.5, 0.6) is 0 Å². The van der Waals surface area contributed by atoms with E-state index in [-0.39, 0.29) is 10.7 Å². The van der Waals surface area contributed by atoms with Crippen molar-refractivity contribution in [1.29, 1.82) is 0 Å². The van der Waals surface area contributed by atoms with E-state index >= 15 is 0 Å². The smallest absolute Gasteiger partial charge is 0.261 e. The number of carbonyl (C=O) groups excluding carboxylic acids is 1. The van der Waals surface area contributed by atoms with Crippen LogP contribution in [0.3, 0.4) is 0 Å². The number of rotatable bonds is 5. The highest BCUT2D eigenvalue weighted by Gasteiger charge is 2.24. The van der Waals surface area contributed by atoms with Gasteiger partial charge < -0.3 is 4.57 Å². The maximum atomic E-state index is 13.0. The Kier molecular flexibility index (Phi) is 5.42. The minimum atomic E-state index is -3.76. The number of sulfonamides is 1. The second-order valence-electron chi connectivity index (χ2n) is 8.18. The molecule has 0 radical (unpaired) electrons. The third-order valence-electron chi connectivity index (χ3n) is 6.00. The van der Waals surface area contributed by atoms with Gasteiger partial charge in [-0.3, -0.25) is 9.52 Å². The fraction of sp³-hybridized carbons (Fsp3) is 0.192. The highest BCUT2D eigenvalue weighted by Crippen LogP contribution is 2.37. The molecule has 4 aromatic rings. The van der Waals surface area contributed by atoms with Gasteiger partial charge in [-0.05, 0) is 76.1 Å². The Labute approximate surface area is 188 Å². The van der Waals surface area contributed by atoms with E-state index in [1.165, 1.54) is 0 Å². The monoisotopic (exact) mass is 446 g/mol. The Bertz CT molecular complexity index is 1450. The number of hydrogen-bond donors (Lipinski definition) is 1. The predicted octanol–water partition coefficient (Wildman–Crippen LogP) is 5.87. The number of benzene rings is 3. The molecule has 4 rings (SSSR count).